The first kappa shape index (κ1) is 14.0. The minimum atomic E-state index is -0.393. The number of aromatic nitrogens is 1. The molecule has 1 aromatic carbocycles. The van der Waals surface area contributed by atoms with E-state index in [4.69, 9.17) is 11.6 Å². The topological polar surface area (TPSA) is 24.9 Å². The van der Waals surface area contributed by atoms with Crippen LogP contribution < -0.4 is 5.32 Å². The number of hydrogen-bond acceptors (Lipinski definition) is 2. The van der Waals surface area contributed by atoms with E-state index in [1.165, 1.54) is 6.07 Å². The molecule has 1 heterocycles. The van der Waals surface area contributed by atoms with Crippen molar-refractivity contribution in [1.82, 2.24) is 10.3 Å². The fourth-order valence-corrected chi connectivity index (χ4v) is 2.16. The Morgan fingerprint density at radius 3 is 2.58 bits per heavy atom. The zero-order valence-electron chi connectivity index (χ0n) is 10.9. The lowest BCUT2D eigenvalue weighted by atomic mass is 10.1. The molecule has 0 saturated heterocycles. The van der Waals surface area contributed by atoms with Crippen LogP contribution in [0.2, 0.25) is 5.02 Å². The quantitative estimate of drug-likeness (QED) is 0.903. The maximum atomic E-state index is 13.1. The van der Waals surface area contributed by atoms with E-state index in [1.54, 1.807) is 18.3 Å². The highest BCUT2D eigenvalue weighted by atomic mass is 35.5. The zero-order chi connectivity index (χ0) is 13.8. The minimum Gasteiger partial charge on any atom is -0.302 e. The summed E-state index contributed by atoms with van der Waals surface area (Å²) in [6.07, 6.45) is 1.77. The van der Waals surface area contributed by atoms with Gasteiger partial charge in [-0.1, -0.05) is 23.7 Å². The van der Waals surface area contributed by atoms with E-state index in [2.05, 4.69) is 10.3 Å². The van der Waals surface area contributed by atoms with Crippen LogP contribution in [0.25, 0.3) is 0 Å². The maximum absolute atomic E-state index is 13.1. The second-order valence-electron chi connectivity index (χ2n) is 4.54. The molecule has 0 aliphatic rings. The second kappa shape index (κ2) is 6.13. The third-order valence-corrected chi connectivity index (χ3v) is 3.36. The molecule has 4 heteroatoms. The molecule has 19 heavy (non-hydrogen) atoms. The van der Waals surface area contributed by atoms with Gasteiger partial charge in [-0.2, -0.15) is 0 Å². The number of benzene rings is 1. The molecule has 0 saturated carbocycles. The molecule has 0 radical (unpaired) electrons. The molecule has 2 rings (SSSR count). The molecule has 0 amide bonds. The van der Waals surface area contributed by atoms with Crippen molar-refractivity contribution >= 4 is 11.6 Å². The van der Waals surface area contributed by atoms with Crippen molar-refractivity contribution in [1.29, 1.82) is 0 Å². The molecule has 2 unspecified atom stereocenters. The molecule has 0 bridgehead atoms. The van der Waals surface area contributed by atoms with Crippen molar-refractivity contribution in [2.75, 3.05) is 0 Å². The van der Waals surface area contributed by atoms with Gasteiger partial charge >= 0.3 is 0 Å². The van der Waals surface area contributed by atoms with Gasteiger partial charge in [0.15, 0.2) is 0 Å². The summed E-state index contributed by atoms with van der Waals surface area (Å²) in [7, 11) is 0. The Morgan fingerprint density at radius 1 is 1.16 bits per heavy atom. The van der Waals surface area contributed by atoms with Crippen molar-refractivity contribution in [3.8, 4) is 0 Å². The molecule has 0 aliphatic heterocycles. The average Bonchev–Trinajstić information content (AvgIpc) is 2.42. The fraction of sp³-hybridized carbons (Fsp3) is 0.267. The first-order valence-electron chi connectivity index (χ1n) is 6.20. The number of pyridine rings is 1. The molecular formula is C15H16ClFN2. The molecule has 0 aliphatic carbocycles. The number of halogens is 2. The van der Waals surface area contributed by atoms with Gasteiger partial charge in [-0.05, 0) is 43.7 Å². The number of rotatable bonds is 4. The largest absolute Gasteiger partial charge is 0.302 e. The van der Waals surface area contributed by atoms with Gasteiger partial charge in [0.2, 0.25) is 0 Å². The van der Waals surface area contributed by atoms with Crippen LogP contribution in [-0.2, 0) is 0 Å². The summed E-state index contributed by atoms with van der Waals surface area (Å²) in [6.45, 7) is 4.06. The summed E-state index contributed by atoms with van der Waals surface area (Å²) in [6, 6.07) is 10.8. The van der Waals surface area contributed by atoms with Crippen LogP contribution in [0.3, 0.4) is 0 Å². The zero-order valence-corrected chi connectivity index (χ0v) is 11.7. The molecule has 2 nitrogen and oxygen atoms in total. The van der Waals surface area contributed by atoms with Crippen LogP contribution in [0, 0.1) is 5.82 Å². The van der Waals surface area contributed by atoms with Gasteiger partial charge in [0, 0.05) is 18.3 Å². The lowest BCUT2D eigenvalue weighted by Crippen LogP contribution is -2.23. The summed E-state index contributed by atoms with van der Waals surface area (Å²) < 4.78 is 13.1. The van der Waals surface area contributed by atoms with Crippen LogP contribution in [0.1, 0.15) is 37.2 Å². The van der Waals surface area contributed by atoms with Crippen LogP contribution in [0.5, 0.6) is 0 Å². The first-order valence-corrected chi connectivity index (χ1v) is 6.57. The Kier molecular flexibility index (Phi) is 4.51. The normalized spacial score (nSPS) is 14.1. The first-order chi connectivity index (χ1) is 9.08. The highest BCUT2D eigenvalue weighted by Crippen LogP contribution is 2.22. The van der Waals surface area contributed by atoms with E-state index in [-0.39, 0.29) is 17.1 Å². The van der Waals surface area contributed by atoms with Gasteiger partial charge in [0.05, 0.1) is 10.7 Å². The van der Waals surface area contributed by atoms with Crippen molar-refractivity contribution in [2.24, 2.45) is 0 Å². The summed E-state index contributed by atoms with van der Waals surface area (Å²) in [5.41, 5.74) is 1.93. The molecule has 1 aromatic heterocycles. The molecular weight excluding hydrogens is 263 g/mol. The van der Waals surface area contributed by atoms with Crippen molar-refractivity contribution in [3.05, 3.63) is 64.7 Å². The summed E-state index contributed by atoms with van der Waals surface area (Å²) >= 11 is 5.80. The second-order valence-corrected chi connectivity index (χ2v) is 4.95. The van der Waals surface area contributed by atoms with Crippen LogP contribution in [0.4, 0.5) is 4.39 Å². The fourth-order valence-electron chi connectivity index (χ4n) is 1.97. The summed E-state index contributed by atoms with van der Waals surface area (Å²) in [5, 5.41) is 3.57. The molecule has 1 N–H and O–H groups in total. The Morgan fingerprint density at radius 2 is 1.95 bits per heavy atom. The number of nitrogens with one attached hydrogen (secondary N) is 1. The van der Waals surface area contributed by atoms with E-state index in [1.807, 2.05) is 32.0 Å². The third-order valence-electron chi connectivity index (χ3n) is 3.08. The number of hydrogen-bond donors (Lipinski definition) is 1. The Hall–Kier alpha value is -1.45. The Bertz CT molecular complexity index is 545. The van der Waals surface area contributed by atoms with Crippen molar-refractivity contribution in [2.45, 2.75) is 25.9 Å². The van der Waals surface area contributed by atoms with E-state index in [0.29, 0.717) is 0 Å². The van der Waals surface area contributed by atoms with Crippen molar-refractivity contribution < 1.29 is 4.39 Å². The Balaban J connectivity index is 2.08. The van der Waals surface area contributed by atoms with Gasteiger partial charge in [0.1, 0.15) is 5.82 Å². The van der Waals surface area contributed by atoms with E-state index < -0.39 is 5.82 Å². The van der Waals surface area contributed by atoms with Gasteiger partial charge < -0.3 is 5.32 Å². The van der Waals surface area contributed by atoms with Crippen LogP contribution in [0.15, 0.2) is 42.6 Å². The monoisotopic (exact) mass is 278 g/mol. The van der Waals surface area contributed by atoms with E-state index in [9.17, 15) is 4.39 Å². The van der Waals surface area contributed by atoms with Crippen LogP contribution >= 0.6 is 11.6 Å². The lowest BCUT2D eigenvalue weighted by molar-refractivity contribution is 0.485. The molecule has 0 fully saturated rings. The van der Waals surface area contributed by atoms with Gasteiger partial charge in [0.25, 0.3) is 0 Å². The highest BCUT2D eigenvalue weighted by Gasteiger charge is 2.13. The smallest absolute Gasteiger partial charge is 0.141 e. The highest BCUT2D eigenvalue weighted by molar-refractivity contribution is 6.30. The van der Waals surface area contributed by atoms with E-state index >= 15 is 0 Å². The summed E-state index contributed by atoms with van der Waals surface area (Å²) in [4.78, 5) is 4.31. The average molecular weight is 279 g/mol. The lowest BCUT2D eigenvalue weighted by Gasteiger charge is -2.20. The predicted octanol–water partition coefficient (Wildman–Crippen LogP) is 4.29. The van der Waals surface area contributed by atoms with Crippen LogP contribution in [-0.4, -0.2) is 4.98 Å². The third kappa shape index (κ3) is 3.52. The molecule has 2 aromatic rings. The summed E-state index contributed by atoms with van der Waals surface area (Å²) in [5.74, 6) is -0.393. The van der Waals surface area contributed by atoms with Gasteiger partial charge in [-0.25, -0.2) is 4.39 Å². The SMILES string of the molecule is CC(NC(C)c1ccccn1)c1ccc(F)c(Cl)c1. The van der Waals surface area contributed by atoms with Gasteiger partial charge in [-0.3, -0.25) is 4.98 Å². The maximum Gasteiger partial charge on any atom is 0.141 e. The standard InChI is InChI=1S/C15H16ClFN2/c1-10(12-6-7-14(17)13(16)9-12)19-11(2)15-5-3-4-8-18-15/h3-11,19H,1-2H3. The number of nitrogens with zero attached hydrogens (tertiary/aromatic N) is 1. The van der Waals surface area contributed by atoms with Crippen molar-refractivity contribution in [3.63, 3.8) is 0 Å². The molecule has 2 atom stereocenters. The van der Waals surface area contributed by atoms with Gasteiger partial charge in [-0.15, -0.1) is 0 Å². The minimum absolute atomic E-state index is 0.0649. The molecule has 100 valence electrons. The predicted molar refractivity (Wildman–Crippen MR) is 75.6 cm³/mol. The Labute approximate surface area is 117 Å². The molecule has 0 spiro atoms. The van der Waals surface area contributed by atoms with E-state index in [0.717, 1.165) is 11.3 Å².